The van der Waals surface area contributed by atoms with Crippen molar-refractivity contribution in [1.29, 1.82) is 0 Å². The third kappa shape index (κ3) is 2.44. The summed E-state index contributed by atoms with van der Waals surface area (Å²) in [6, 6.07) is 7.94. The minimum Gasteiger partial charge on any atom is -0.493 e. The van der Waals surface area contributed by atoms with Gasteiger partial charge in [0.25, 0.3) is 0 Å². The molecule has 0 spiro atoms. The fraction of sp³-hybridized carbons (Fsp3) is 0.286. The molecule has 0 radical (unpaired) electrons. The van der Waals surface area contributed by atoms with E-state index in [2.05, 4.69) is 0 Å². The Bertz CT molecular complexity index is 500. The monoisotopic (exact) mass is 232 g/mol. The third-order valence-electron chi connectivity index (χ3n) is 2.81. The number of rotatable bonds is 4. The first-order valence-corrected chi connectivity index (χ1v) is 5.48. The summed E-state index contributed by atoms with van der Waals surface area (Å²) in [7, 11) is 3.28. The van der Waals surface area contributed by atoms with Crippen molar-refractivity contribution in [1.82, 2.24) is 0 Å². The zero-order valence-electron chi connectivity index (χ0n) is 10.3. The maximum Gasteiger partial charge on any atom is 0.160 e. The summed E-state index contributed by atoms with van der Waals surface area (Å²) < 4.78 is 15.8. The zero-order chi connectivity index (χ0) is 12.3. The predicted octanol–water partition coefficient (Wildman–Crippen LogP) is 3.20. The molecule has 17 heavy (non-hydrogen) atoms. The number of hydrogen-bond donors (Lipinski definition) is 0. The van der Waals surface area contributed by atoms with Crippen molar-refractivity contribution in [2.24, 2.45) is 0 Å². The third-order valence-corrected chi connectivity index (χ3v) is 2.81. The van der Waals surface area contributed by atoms with E-state index in [4.69, 9.17) is 13.9 Å². The van der Waals surface area contributed by atoms with Crippen LogP contribution in [0.3, 0.4) is 0 Å². The Labute approximate surface area is 101 Å². The predicted molar refractivity (Wildman–Crippen MR) is 65.8 cm³/mol. The zero-order valence-corrected chi connectivity index (χ0v) is 10.3. The second kappa shape index (κ2) is 4.95. The van der Waals surface area contributed by atoms with Crippen LogP contribution in [0.1, 0.15) is 16.9 Å². The lowest BCUT2D eigenvalue weighted by atomic mass is 10.1. The van der Waals surface area contributed by atoms with Crippen molar-refractivity contribution in [2.75, 3.05) is 14.2 Å². The number of furan rings is 1. The molecule has 90 valence electrons. The van der Waals surface area contributed by atoms with Gasteiger partial charge in [0, 0.05) is 6.42 Å². The second-order valence-electron chi connectivity index (χ2n) is 3.87. The van der Waals surface area contributed by atoms with E-state index in [1.165, 1.54) is 11.1 Å². The lowest BCUT2D eigenvalue weighted by Gasteiger charge is -2.09. The molecule has 0 fully saturated rings. The highest BCUT2D eigenvalue weighted by Crippen LogP contribution is 2.28. The SMILES string of the molecule is COc1ccc(Cc2ccoc2C)cc1OC. The van der Waals surface area contributed by atoms with Crippen LogP contribution in [0, 0.1) is 6.92 Å². The molecule has 0 bridgehead atoms. The summed E-state index contributed by atoms with van der Waals surface area (Å²) in [5, 5.41) is 0. The fourth-order valence-corrected chi connectivity index (χ4v) is 1.81. The van der Waals surface area contributed by atoms with Gasteiger partial charge in [0.2, 0.25) is 0 Å². The van der Waals surface area contributed by atoms with Crippen LogP contribution in [0.2, 0.25) is 0 Å². The van der Waals surface area contributed by atoms with Crippen LogP contribution >= 0.6 is 0 Å². The van der Waals surface area contributed by atoms with Gasteiger partial charge in [-0.25, -0.2) is 0 Å². The summed E-state index contributed by atoms with van der Waals surface area (Å²) in [4.78, 5) is 0. The Morgan fingerprint density at radius 3 is 2.41 bits per heavy atom. The van der Waals surface area contributed by atoms with Gasteiger partial charge in [0.05, 0.1) is 20.5 Å². The van der Waals surface area contributed by atoms with Gasteiger partial charge >= 0.3 is 0 Å². The largest absolute Gasteiger partial charge is 0.493 e. The topological polar surface area (TPSA) is 31.6 Å². The van der Waals surface area contributed by atoms with Crippen LogP contribution in [-0.2, 0) is 6.42 Å². The average molecular weight is 232 g/mol. The van der Waals surface area contributed by atoms with Crippen LogP contribution < -0.4 is 9.47 Å². The molecule has 0 unspecified atom stereocenters. The second-order valence-corrected chi connectivity index (χ2v) is 3.87. The molecule has 3 nitrogen and oxygen atoms in total. The van der Waals surface area contributed by atoms with E-state index >= 15 is 0 Å². The Hall–Kier alpha value is -1.90. The molecule has 1 aromatic heterocycles. The number of benzene rings is 1. The Balaban J connectivity index is 2.25. The maximum atomic E-state index is 5.28. The highest BCUT2D eigenvalue weighted by molar-refractivity contribution is 5.44. The molecule has 0 N–H and O–H groups in total. The first-order chi connectivity index (χ1) is 8.24. The smallest absolute Gasteiger partial charge is 0.160 e. The summed E-state index contributed by atoms with van der Waals surface area (Å²) >= 11 is 0. The molecule has 2 aromatic rings. The van der Waals surface area contributed by atoms with Gasteiger partial charge in [0.15, 0.2) is 11.5 Å². The molecular formula is C14H16O3. The Kier molecular flexibility index (Phi) is 3.38. The number of hydrogen-bond acceptors (Lipinski definition) is 3. The number of ether oxygens (including phenoxy) is 2. The molecule has 0 saturated heterocycles. The first kappa shape index (κ1) is 11.6. The van der Waals surface area contributed by atoms with Crippen LogP contribution in [-0.4, -0.2) is 14.2 Å². The van der Waals surface area contributed by atoms with Crippen LogP contribution in [0.4, 0.5) is 0 Å². The number of aryl methyl sites for hydroxylation is 1. The van der Waals surface area contributed by atoms with Crippen molar-refractivity contribution in [3.63, 3.8) is 0 Å². The highest BCUT2D eigenvalue weighted by Gasteiger charge is 2.07. The molecular weight excluding hydrogens is 216 g/mol. The molecule has 0 amide bonds. The molecule has 3 heteroatoms. The van der Waals surface area contributed by atoms with Crippen LogP contribution in [0.5, 0.6) is 11.5 Å². The standard InChI is InChI=1S/C14H16O3/c1-10-12(6-7-17-10)8-11-4-5-13(15-2)14(9-11)16-3/h4-7,9H,8H2,1-3H3. The van der Waals surface area contributed by atoms with E-state index in [1.54, 1.807) is 20.5 Å². The molecule has 0 aliphatic carbocycles. The normalized spacial score (nSPS) is 10.3. The molecule has 2 rings (SSSR count). The lowest BCUT2D eigenvalue weighted by Crippen LogP contribution is -1.93. The van der Waals surface area contributed by atoms with Gasteiger partial charge in [-0.3, -0.25) is 0 Å². The minimum absolute atomic E-state index is 0.750. The molecule has 0 saturated carbocycles. The Morgan fingerprint density at radius 1 is 1.06 bits per heavy atom. The lowest BCUT2D eigenvalue weighted by molar-refractivity contribution is 0.354. The molecule has 0 atom stereocenters. The van der Waals surface area contributed by atoms with Gasteiger partial charge in [-0.2, -0.15) is 0 Å². The van der Waals surface area contributed by atoms with Gasteiger partial charge in [-0.05, 0) is 36.2 Å². The van der Waals surface area contributed by atoms with Crippen molar-refractivity contribution in [3.8, 4) is 11.5 Å². The highest BCUT2D eigenvalue weighted by atomic mass is 16.5. The summed E-state index contributed by atoms with van der Waals surface area (Å²) in [6.07, 6.45) is 2.55. The van der Waals surface area contributed by atoms with E-state index < -0.39 is 0 Å². The van der Waals surface area contributed by atoms with Crippen molar-refractivity contribution < 1.29 is 13.9 Å². The van der Waals surface area contributed by atoms with E-state index in [-0.39, 0.29) is 0 Å². The summed E-state index contributed by atoms with van der Waals surface area (Å²) in [5.41, 5.74) is 2.37. The average Bonchev–Trinajstić information content (AvgIpc) is 2.75. The summed E-state index contributed by atoms with van der Waals surface area (Å²) in [5.74, 6) is 2.46. The number of methoxy groups -OCH3 is 2. The van der Waals surface area contributed by atoms with Crippen LogP contribution in [0.25, 0.3) is 0 Å². The molecule has 0 aliphatic heterocycles. The molecule has 1 aromatic carbocycles. The van der Waals surface area contributed by atoms with Crippen molar-refractivity contribution >= 4 is 0 Å². The van der Waals surface area contributed by atoms with E-state index in [0.29, 0.717) is 0 Å². The Morgan fingerprint density at radius 2 is 1.82 bits per heavy atom. The van der Waals surface area contributed by atoms with Gasteiger partial charge in [-0.1, -0.05) is 6.07 Å². The summed E-state index contributed by atoms with van der Waals surface area (Å²) in [6.45, 7) is 1.97. The fourth-order valence-electron chi connectivity index (χ4n) is 1.81. The van der Waals surface area contributed by atoms with Crippen LogP contribution in [0.15, 0.2) is 34.9 Å². The van der Waals surface area contributed by atoms with E-state index in [1.807, 2.05) is 31.2 Å². The van der Waals surface area contributed by atoms with E-state index in [0.717, 1.165) is 23.7 Å². The quantitative estimate of drug-likeness (QED) is 0.811. The van der Waals surface area contributed by atoms with Gasteiger partial charge in [0.1, 0.15) is 5.76 Å². The van der Waals surface area contributed by atoms with Crippen molar-refractivity contribution in [3.05, 3.63) is 47.4 Å². The van der Waals surface area contributed by atoms with Gasteiger partial charge < -0.3 is 13.9 Å². The van der Waals surface area contributed by atoms with Crippen molar-refractivity contribution in [2.45, 2.75) is 13.3 Å². The molecule has 1 heterocycles. The first-order valence-electron chi connectivity index (χ1n) is 5.48. The van der Waals surface area contributed by atoms with Gasteiger partial charge in [-0.15, -0.1) is 0 Å². The van der Waals surface area contributed by atoms with E-state index in [9.17, 15) is 0 Å². The molecule has 0 aliphatic rings. The minimum atomic E-state index is 0.750. The maximum absolute atomic E-state index is 5.28.